The highest BCUT2D eigenvalue weighted by Crippen LogP contribution is 2.22. The van der Waals surface area contributed by atoms with Crippen LogP contribution in [-0.4, -0.2) is 22.1 Å². The van der Waals surface area contributed by atoms with Crippen molar-refractivity contribution in [3.63, 3.8) is 0 Å². The summed E-state index contributed by atoms with van der Waals surface area (Å²) in [6, 6.07) is 5.73. The first-order valence-corrected chi connectivity index (χ1v) is 6.42. The Bertz CT molecular complexity index is 718. The molecule has 3 rings (SSSR count). The number of aryl methyl sites for hydroxylation is 2. The quantitative estimate of drug-likeness (QED) is 0.766. The molecule has 0 radical (unpaired) electrons. The molecule has 0 amide bonds. The van der Waals surface area contributed by atoms with Gasteiger partial charge in [0.15, 0.2) is 0 Å². The highest BCUT2D eigenvalue weighted by molar-refractivity contribution is 5.90. The van der Waals surface area contributed by atoms with Crippen molar-refractivity contribution in [2.45, 2.75) is 26.3 Å². The van der Waals surface area contributed by atoms with Gasteiger partial charge in [0.25, 0.3) is 5.56 Å². The van der Waals surface area contributed by atoms with E-state index in [2.05, 4.69) is 4.98 Å². The summed E-state index contributed by atoms with van der Waals surface area (Å²) >= 11 is 0. The van der Waals surface area contributed by atoms with Gasteiger partial charge in [-0.05, 0) is 31.4 Å². The van der Waals surface area contributed by atoms with E-state index in [9.17, 15) is 9.59 Å². The molecule has 5 nitrogen and oxygen atoms in total. The van der Waals surface area contributed by atoms with Crippen molar-refractivity contribution in [3.05, 3.63) is 39.8 Å². The van der Waals surface area contributed by atoms with Crippen LogP contribution in [0.15, 0.2) is 23.0 Å². The van der Waals surface area contributed by atoms with Gasteiger partial charge in [0.2, 0.25) is 5.69 Å². The van der Waals surface area contributed by atoms with Crippen molar-refractivity contribution in [2.75, 3.05) is 6.61 Å². The van der Waals surface area contributed by atoms with Crippen LogP contribution in [0.3, 0.4) is 0 Å². The highest BCUT2D eigenvalue weighted by Gasteiger charge is 2.21. The normalized spacial score (nSPS) is 13.5. The Balaban J connectivity index is 2.31. The summed E-state index contributed by atoms with van der Waals surface area (Å²) in [4.78, 5) is 28.3. The summed E-state index contributed by atoms with van der Waals surface area (Å²) in [5, 5.41) is 0. The molecule has 1 aromatic carbocycles. The number of nitrogens with zero attached hydrogens (tertiary/aromatic N) is 2. The van der Waals surface area contributed by atoms with E-state index >= 15 is 0 Å². The Morgan fingerprint density at radius 2 is 2.32 bits per heavy atom. The fraction of sp³-hybridized carbons (Fsp3) is 0.357. The maximum Gasteiger partial charge on any atom is 0.362 e. The van der Waals surface area contributed by atoms with Gasteiger partial charge in [0.05, 0.1) is 17.6 Å². The molecule has 0 N–H and O–H groups in total. The van der Waals surface area contributed by atoms with Crippen LogP contribution in [0.4, 0.5) is 0 Å². The maximum absolute atomic E-state index is 12.3. The lowest BCUT2D eigenvalue weighted by atomic mass is 10.0. The minimum atomic E-state index is -0.644. The predicted octanol–water partition coefficient (Wildman–Crippen LogP) is 1.52. The molecule has 19 heavy (non-hydrogen) atoms. The molecule has 0 saturated heterocycles. The third-order valence-electron chi connectivity index (χ3n) is 3.34. The van der Waals surface area contributed by atoms with Crippen LogP contribution in [0.2, 0.25) is 0 Å². The molecule has 0 unspecified atom stereocenters. The summed E-state index contributed by atoms with van der Waals surface area (Å²) in [6.07, 6.45) is 1.84. The summed E-state index contributed by atoms with van der Waals surface area (Å²) in [5.74, 6) is -0.644. The number of ether oxygens (including phenoxy) is 1. The molecule has 2 aromatic rings. The molecule has 1 aromatic heterocycles. The smallest absolute Gasteiger partial charge is 0.362 e. The summed E-state index contributed by atoms with van der Waals surface area (Å²) in [7, 11) is 0. The predicted molar refractivity (Wildman–Crippen MR) is 70.3 cm³/mol. The second-order valence-electron chi connectivity index (χ2n) is 4.53. The second kappa shape index (κ2) is 4.50. The number of carbonyl (C=O) groups is 1. The third-order valence-corrected chi connectivity index (χ3v) is 3.34. The Morgan fingerprint density at radius 3 is 3.11 bits per heavy atom. The SMILES string of the molecule is CCOC(=O)c1nc2cccc3c2n(c1=O)CCC3. The summed E-state index contributed by atoms with van der Waals surface area (Å²) in [6.45, 7) is 2.57. The molecule has 0 atom stereocenters. The molecule has 2 heterocycles. The largest absolute Gasteiger partial charge is 0.461 e. The van der Waals surface area contributed by atoms with Gasteiger partial charge in [0.1, 0.15) is 0 Å². The molecule has 0 fully saturated rings. The molecular formula is C14H14N2O3. The first-order chi connectivity index (χ1) is 9.22. The average Bonchev–Trinajstić information content (AvgIpc) is 2.43. The number of esters is 1. The molecule has 0 bridgehead atoms. The van der Waals surface area contributed by atoms with E-state index in [0.29, 0.717) is 12.1 Å². The number of hydrogen-bond acceptors (Lipinski definition) is 4. The molecule has 5 heteroatoms. The zero-order valence-electron chi connectivity index (χ0n) is 10.7. The van der Waals surface area contributed by atoms with Crippen molar-refractivity contribution in [1.29, 1.82) is 0 Å². The van der Waals surface area contributed by atoms with Gasteiger partial charge < -0.3 is 9.30 Å². The van der Waals surface area contributed by atoms with Crippen molar-refractivity contribution in [1.82, 2.24) is 9.55 Å². The highest BCUT2D eigenvalue weighted by atomic mass is 16.5. The standard InChI is InChI=1S/C14H14N2O3/c1-2-19-14(18)11-13(17)16-8-4-6-9-5-3-7-10(15-11)12(9)16/h3,5,7H,2,4,6,8H2,1H3. The number of benzene rings is 1. The summed E-state index contributed by atoms with van der Waals surface area (Å²) < 4.78 is 6.54. The van der Waals surface area contributed by atoms with Crippen molar-refractivity contribution < 1.29 is 9.53 Å². The topological polar surface area (TPSA) is 61.2 Å². The van der Waals surface area contributed by atoms with Gasteiger partial charge in [-0.2, -0.15) is 0 Å². The van der Waals surface area contributed by atoms with Gasteiger partial charge in [-0.1, -0.05) is 12.1 Å². The van der Waals surface area contributed by atoms with E-state index in [4.69, 9.17) is 4.74 Å². The van der Waals surface area contributed by atoms with Crippen LogP contribution in [0.5, 0.6) is 0 Å². The van der Waals surface area contributed by atoms with Gasteiger partial charge in [-0.25, -0.2) is 9.78 Å². The monoisotopic (exact) mass is 258 g/mol. The molecule has 1 aliphatic rings. The van der Waals surface area contributed by atoms with Crippen LogP contribution in [0.25, 0.3) is 11.0 Å². The first-order valence-electron chi connectivity index (χ1n) is 6.42. The number of rotatable bonds is 2. The van der Waals surface area contributed by atoms with E-state index < -0.39 is 5.97 Å². The van der Waals surface area contributed by atoms with Gasteiger partial charge in [-0.3, -0.25) is 4.79 Å². The Labute approximate surface area is 109 Å². The number of hydrogen-bond donors (Lipinski definition) is 0. The van der Waals surface area contributed by atoms with Gasteiger partial charge in [-0.15, -0.1) is 0 Å². The fourth-order valence-electron chi connectivity index (χ4n) is 2.55. The Morgan fingerprint density at radius 1 is 1.47 bits per heavy atom. The van der Waals surface area contributed by atoms with Crippen LogP contribution >= 0.6 is 0 Å². The lowest BCUT2D eigenvalue weighted by Gasteiger charge is -2.19. The molecule has 98 valence electrons. The zero-order valence-corrected chi connectivity index (χ0v) is 10.7. The van der Waals surface area contributed by atoms with E-state index in [1.165, 1.54) is 0 Å². The van der Waals surface area contributed by atoms with Crippen molar-refractivity contribution in [3.8, 4) is 0 Å². The Hall–Kier alpha value is -2.17. The fourth-order valence-corrected chi connectivity index (χ4v) is 2.55. The lowest BCUT2D eigenvalue weighted by molar-refractivity contribution is 0.0517. The second-order valence-corrected chi connectivity index (χ2v) is 4.53. The minimum absolute atomic E-state index is 0.117. The van der Waals surface area contributed by atoms with E-state index in [0.717, 1.165) is 23.9 Å². The average molecular weight is 258 g/mol. The number of para-hydroxylation sites is 1. The molecule has 0 aliphatic carbocycles. The minimum Gasteiger partial charge on any atom is -0.461 e. The number of carbonyl (C=O) groups excluding carboxylic acids is 1. The van der Waals surface area contributed by atoms with Crippen molar-refractivity contribution >= 4 is 17.0 Å². The molecule has 0 saturated carbocycles. The van der Waals surface area contributed by atoms with Crippen LogP contribution in [-0.2, 0) is 17.7 Å². The van der Waals surface area contributed by atoms with Crippen molar-refractivity contribution in [2.24, 2.45) is 0 Å². The van der Waals surface area contributed by atoms with Gasteiger partial charge in [0, 0.05) is 6.54 Å². The summed E-state index contributed by atoms with van der Waals surface area (Å²) in [5.41, 5.74) is 2.18. The van der Waals surface area contributed by atoms with Gasteiger partial charge >= 0.3 is 5.97 Å². The zero-order chi connectivity index (χ0) is 13.4. The molecule has 1 aliphatic heterocycles. The van der Waals surface area contributed by atoms with E-state index in [-0.39, 0.29) is 17.9 Å². The molecule has 0 spiro atoms. The van der Waals surface area contributed by atoms with Crippen LogP contribution in [0.1, 0.15) is 29.4 Å². The van der Waals surface area contributed by atoms with Crippen LogP contribution in [0, 0.1) is 0 Å². The third kappa shape index (κ3) is 1.82. The Kier molecular flexibility index (Phi) is 2.81. The lowest BCUT2D eigenvalue weighted by Crippen LogP contribution is -2.31. The first kappa shape index (κ1) is 11.9. The number of aromatic nitrogens is 2. The van der Waals surface area contributed by atoms with Crippen LogP contribution < -0.4 is 5.56 Å². The van der Waals surface area contributed by atoms with E-state index in [1.807, 2.05) is 18.2 Å². The molecular weight excluding hydrogens is 244 g/mol. The van der Waals surface area contributed by atoms with E-state index in [1.54, 1.807) is 11.5 Å². The maximum atomic E-state index is 12.3.